The fourth-order valence-corrected chi connectivity index (χ4v) is 1.50. The highest BCUT2D eigenvalue weighted by atomic mass is 35.5. The van der Waals surface area contributed by atoms with Crippen LogP contribution in [0, 0.1) is 0 Å². The van der Waals surface area contributed by atoms with Gasteiger partial charge in [0.1, 0.15) is 6.10 Å². The number of benzene rings is 1. The van der Waals surface area contributed by atoms with Crippen LogP contribution in [0.2, 0.25) is 5.02 Å². The molecule has 14 heavy (non-hydrogen) atoms. The van der Waals surface area contributed by atoms with E-state index in [0.717, 1.165) is 17.2 Å². The van der Waals surface area contributed by atoms with Gasteiger partial charge in [0.15, 0.2) is 0 Å². The van der Waals surface area contributed by atoms with E-state index in [1.54, 1.807) is 0 Å². The Bertz CT molecular complexity index is 310. The summed E-state index contributed by atoms with van der Waals surface area (Å²) in [5.74, 6) is 0. The topological polar surface area (TPSA) is 21.8 Å². The maximum Gasteiger partial charge on any atom is 0.107 e. The number of hydrogen-bond donors (Lipinski definition) is 0. The minimum Gasteiger partial charge on any atom is -0.371 e. The van der Waals surface area contributed by atoms with Gasteiger partial charge in [0.05, 0.1) is 19.3 Å². The van der Waals surface area contributed by atoms with Crippen molar-refractivity contribution in [3.63, 3.8) is 0 Å². The van der Waals surface area contributed by atoms with Gasteiger partial charge in [0, 0.05) is 5.02 Å². The number of halogens is 1. The molecule has 0 unspecified atom stereocenters. The van der Waals surface area contributed by atoms with Crippen LogP contribution in [-0.4, -0.2) is 18.8 Å². The van der Waals surface area contributed by atoms with Gasteiger partial charge in [-0.1, -0.05) is 23.7 Å². The SMILES string of the molecule is C[C@@H](OCc1cccc(Cl)c1)[C@@H]1CO1. The summed E-state index contributed by atoms with van der Waals surface area (Å²) in [6.07, 6.45) is 0.475. The van der Waals surface area contributed by atoms with Crippen molar-refractivity contribution in [1.29, 1.82) is 0 Å². The largest absolute Gasteiger partial charge is 0.371 e. The molecule has 1 aliphatic rings. The van der Waals surface area contributed by atoms with E-state index in [2.05, 4.69) is 0 Å². The quantitative estimate of drug-likeness (QED) is 0.716. The third-order valence-corrected chi connectivity index (χ3v) is 2.52. The van der Waals surface area contributed by atoms with Crippen molar-refractivity contribution in [3.8, 4) is 0 Å². The van der Waals surface area contributed by atoms with Crippen molar-refractivity contribution in [2.24, 2.45) is 0 Å². The van der Waals surface area contributed by atoms with Crippen LogP contribution < -0.4 is 0 Å². The van der Waals surface area contributed by atoms with Crippen LogP contribution in [-0.2, 0) is 16.1 Å². The summed E-state index contributed by atoms with van der Waals surface area (Å²) in [6.45, 7) is 3.46. The lowest BCUT2D eigenvalue weighted by molar-refractivity contribution is 0.0340. The molecule has 0 aromatic heterocycles. The molecule has 1 saturated heterocycles. The van der Waals surface area contributed by atoms with Crippen LogP contribution in [0.25, 0.3) is 0 Å². The minimum absolute atomic E-state index is 0.175. The van der Waals surface area contributed by atoms with Crippen molar-refractivity contribution in [1.82, 2.24) is 0 Å². The average Bonchev–Trinajstić information content (AvgIpc) is 2.97. The first-order chi connectivity index (χ1) is 6.75. The molecular formula is C11H13ClO2. The van der Waals surface area contributed by atoms with Crippen molar-refractivity contribution in [2.45, 2.75) is 25.7 Å². The van der Waals surface area contributed by atoms with Crippen molar-refractivity contribution >= 4 is 11.6 Å². The molecule has 1 aliphatic heterocycles. The predicted molar refractivity (Wildman–Crippen MR) is 55.4 cm³/mol. The zero-order valence-electron chi connectivity index (χ0n) is 8.07. The highest BCUT2D eigenvalue weighted by Gasteiger charge is 2.29. The van der Waals surface area contributed by atoms with Gasteiger partial charge < -0.3 is 9.47 Å². The summed E-state index contributed by atoms with van der Waals surface area (Å²) in [7, 11) is 0. The maximum absolute atomic E-state index is 5.85. The van der Waals surface area contributed by atoms with Gasteiger partial charge in [0.2, 0.25) is 0 Å². The Hall–Kier alpha value is -0.570. The lowest BCUT2D eigenvalue weighted by atomic mass is 10.2. The zero-order chi connectivity index (χ0) is 9.97. The van der Waals surface area contributed by atoms with E-state index in [9.17, 15) is 0 Å². The predicted octanol–water partition coefficient (Wildman–Crippen LogP) is 2.64. The molecule has 76 valence electrons. The van der Waals surface area contributed by atoms with E-state index in [1.165, 1.54) is 0 Å². The van der Waals surface area contributed by atoms with Crippen molar-refractivity contribution in [2.75, 3.05) is 6.61 Å². The lowest BCUT2D eigenvalue weighted by Crippen LogP contribution is -2.14. The molecule has 0 spiro atoms. The fourth-order valence-electron chi connectivity index (χ4n) is 1.29. The van der Waals surface area contributed by atoms with Crippen LogP contribution in [0.15, 0.2) is 24.3 Å². The van der Waals surface area contributed by atoms with Gasteiger partial charge in [-0.3, -0.25) is 0 Å². The molecule has 3 heteroatoms. The summed E-state index contributed by atoms with van der Waals surface area (Å²) in [4.78, 5) is 0. The Labute approximate surface area is 88.8 Å². The molecular weight excluding hydrogens is 200 g/mol. The maximum atomic E-state index is 5.85. The molecule has 0 bridgehead atoms. The molecule has 1 aromatic carbocycles. The third kappa shape index (κ3) is 2.71. The number of ether oxygens (including phenoxy) is 2. The van der Waals surface area contributed by atoms with Gasteiger partial charge in [-0.05, 0) is 24.6 Å². The van der Waals surface area contributed by atoms with Crippen LogP contribution >= 0.6 is 11.6 Å². The Balaban J connectivity index is 1.84. The van der Waals surface area contributed by atoms with Gasteiger partial charge >= 0.3 is 0 Å². The molecule has 2 nitrogen and oxygen atoms in total. The van der Waals surface area contributed by atoms with Gasteiger partial charge in [-0.2, -0.15) is 0 Å². The van der Waals surface area contributed by atoms with Crippen molar-refractivity contribution < 1.29 is 9.47 Å². The molecule has 2 atom stereocenters. The summed E-state index contributed by atoms with van der Waals surface area (Å²) in [6, 6.07) is 7.71. The second kappa shape index (κ2) is 4.30. The molecule has 1 aromatic rings. The van der Waals surface area contributed by atoms with E-state index in [1.807, 2.05) is 31.2 Å². The highest BCUT2D eigenvalue weighted by Crippen LogP contribution is 2.18. The number of hydrogen-bond acceptors (Lipinski definition) is 2. The van der Waals surface area contributed by atoms with Crippen LogP contribution in [0.1, 0.15) is 12.5 Å². The van der Waals surface area contributed by atoms with Crippen LogP contribution in [0.3, 0.4) is 0 Å². The van der Waals surface area contributed by atoms with E-state index in [0.29, 0.717) is 12.7 Å². The highest BCUT2D eigenvalue weighted by molar-refractivity contribution is 6.30. The Morgan fingerprint density at radius 2 is 2.43 bits per heavy atom. The summed E-state index contributed by atoms with van der Waals surface area (Å²) in [5, 5.41) is 0.751. The van der Waals surface area contributed by atoms with E-state index < -0.39 is 0 Å². The summed E-state index contributed by atoms with van der Waals surface area (Å²) in [5.41, 5.74) is 1.10. The normalized spacial score (nSPS) is 22.0. The third-order valence-electron chi connectivity index (χ3n) is 2.28. The smallest absolute Gasteiger partial charge is 0.107 e. The fraction of sp³-hybridized carbons (Fsp3) is 0.455. The van der Waals surface area contributed by atoms with E-state index >= 15 is 0 Å². The first-order valence-corrected chi connectivity index (χ1v) is 5.11. The summed E-state index contributed by atoms with van der Waals surface area (Å²) >= 11 is 5.85. The standard InChI is InChI=1S/C11H13ClO2/c1-8(11-7-14-11)13-6-9-3-2-4-10(12)5-9/h2-5,8,11H,6-7H2,1H3/t8-,11+/m1/s1. The van der Waals surface area contributed by atoms with Crippen LogP contribution in [0.5, 0.6) is 0 Å². The zero-order valence-corrected chi connectivity index (χ0v) is 8.83. The van der Waals surface area contributed by atoms with Gasteiger partial charge in [-0.25, -0.2) is 0 Å². The molecule has 0 saturated carbocycles. The Kier molecular flexibility index (Phi) is 3.06. The van der Waals surface area contributed by atoms with Crippen LogP contribution in [0.4, 0.5) is 0 Å². The molecule has 2 rings (SSSR count). The van der Waals surface area contributed by atoms with Gasteiger partial charge in [-0.15, -0.1) is 0 Å². The van der Waals surface area contributed by atoms with E-state index in [4.69, 9.17) is 21.1 Å². The Morgan fingerprint density at radius 3 is 3.07 bits per heavy atom. The minimum atomic E-state index is 0.175. The second-order valence-corrected chi connectivity index (χ2v) is 3.95. The number of rotatable bonds is 4. The second-order valence-electron chi connectivity index (χ2n) is 3.52. The Morgan fingerprint density at radius 1 is 1.64 bits per heavy atom. The van der Waals surface area contributed by atoms with Crippen molar-refractivity contribution in [3.05, 3.63) is 34.9 Å². The molecule has 0 N–H and O–H groups in total. The van der Waals surface area contributed by atoms with E-state index in [-0.39, 0.29) is 6.10 Å². The molecule has 1 fully saturated rings. The monoisotopic (exact) mass is 212 g/mol. The first-order valence-electron chi connectivity index (χ1n) is 4.73. The summed E-state index contributed by atoms with van der Waals surface area (Å²) < 4.78 is 10.8. The number of epoxide rings is 1. The molecule has 0 amide bonds. The lowest BCUT2D eigenvalue weighted by Gasteiger charge is -2.10. The van der Waals surface area contributed by atoms with Gasteiger partial charge in [0.25, 0.3) is 0 Å². The molecule has 0 radical (unpaired) electrons. The average molecular weight is 213 g/mol. The first kappa shape index (κ1) is 9.97. The molecule has 1 heterocycles. The molecule has 0 aliphatic carbocycles.